The maximum absolute atomic E-state index is 13.5. The van der Waals surface area contributed by atoms with Crippen LogP contribution in [0.25, 0.3) is 11.0 Å². The molecule has 1 aliphatic carbocycles. The van der Waals surface area contributed by atoms with Crippen molar-refractivity contribution in [2.24, 2.45) is 0 Å². The van der Waals surface area contributed by atoms with E-state index in [4.69, 9.17) is 5.73 Å². The second-order valence-electron chi connectivity index (χ2n) is 4.33. The molecule has 2 heterocycles. The van der Waals surface area contributed by atoms with Crippen LogP contribution in [0.15, 0.2) is 6.07 Å². The summed E-state index contributed by atoms with van der Waals surface area (Å²) < 4.78 is 39.1. The van der Waals surface area contributed by atoms with E-state index >= 15 is 0 Å². The van der Waals surface area contributed by atoms with Crippen LogP contribution in [0, 0.1) is 5.95 Å². The number of aromatic amines is 1. The molecule has 1 fully saturated rings. The van der Waals surface area contributed by atoms with Crippen molar-refractivity contribution in [3.05, 3.63) is 17.6 Å². The van der Waals surface area contributed by atoms with Gasteiger partial charge in [-0.2, -0.15) is 9.49 Å². The fourth-order valence-electron chi connectivity index (χ4n) is 2.24. The predicted molar refractivity (Wildman–Crippen MR) is 55.2 cm³/mol. The molecule has 0 radical (unpaired) electrons. The number of hydrogen-bond donors (Lipinski definition) is 2. The van der Waals surface area contributed by atoms with E-state index in [0.29, 0.717) is 5.56 Å². The van der Waals surface area contributed by atoms with Crippen molar-refractivity contribution in [2.75, 3.05) is 5.73 Å². The number of anilines is 1. The van der Waals surface area contributed by atoms with Crippen LogP contribution in [0.1, 0.15) is 24.3 Å². The Hall–Kier alpha value is -1.79. The van der Waals surface area contributed by atoms with Crippen molar-refractivity contribution >= 4 is 16.9 Å². The van der Waals surface area contributed by atoms with Crippen LogP contribution in [-0.2, 0) is 0 Å². The predicted octanol–water partition coefficient (Wildman–Crippen LogP) is 2.19. The van der Waals surface area contributed by atoms with Gasteiger partial charge in [0.15, 0.2) is 5.65 Å². The lowest BCUT2D eigenvalue weighted by atomic mass is 9.76. The fraction of sp³-hybridized carbons (Fsp3) is 0.400. The molecule has 90 valence electrons. The molecule has 0 amide bonds. The highest BCUT2D eigenvalue weighted by atomic mass is 19.3. The third-order valence-electron chi connectivity index (χ3n) is 3.06. The fourth-order valence-corrected chi connectivity index (χ4v) is 2.24. The van der Waals surface area contributed by atoms with Crippen molar-refractivity contribution in [2.45, 2.75) is 24.7 Å². The molecule has 3 N–H and O–H groups in total. The molecule has 17 heavy (non-hydrogen) atoms. The van der Waals surface area contributed by atoms with Crippen molar-refractivity contribution in [3.8, 4) is 0 Å². The molecule has 0 atom stereocenters. The van der Waals surface area contributed by atoms with Crippen LogP contribution in [-0.4, -0.2) is 21.1 Å². The minimum absolute atomic E-state index is 0.132. The van der Waals surface area contributed by atoms with Gasteiger partial charge in [-0.1, -0.05) is 0 Å². The number of nitrogens with two attached hydrogens (primary N) is 1. The van der Waals surface area contributed by atoms with Crippen LogP contribution in [0.4, 0.5) is 19.0 Å². The number of nitrogens with one attached hydrogen (secondary N) is 1. The first-order chi connectivity index (χ1) is 7.96. The second-order valence-corrected chi connectivity index (χ2v) is 4.33. The normalized spacial score (nSPS) is 19.5. The molecule has 1 aliphatic rings. The van der Waals surface area contributed by atoms with Gasteiger partial charge in [0.2, 0.25) is 11.9 Å². The Balaban J connectivity index is 2.12. The summed E-state index contributed by atoms with van der Waals surface area (Å²) in [5, 5.41) is 5.95. The largest absolute Gasteiger partial charge is 0.384 e. The van der Waals surface area contributed by atoms with E-state index in [1.54, 1.807) is 0 Å². The van der Waals surface area contributed by atoms with E-state index in [9.17, 15) is 13.2 Å². The average molecular weight is 242 g/mol. The van der Waals surface area contributed by atoms with Gasteiger partial charge < -0.3 is 5.73 Å². The zero-order chi connectivity index (χ0) is 12.2. The summed E-state index contributed by atoms with van der Waals surface area (Å²) in [7, 11) is 0. The van der Waals surface area contributed by atoms with E-state index < -0.39 is 11.9 Å². The summed E-state index contributed by atoms with van der Waals surface area (Å²) in [5.74, 6) is -3.54. The van der Waals surface area contributed by atoms with E-state index in [1.165, 1.54) is 6.07 Å². The first kappa shape index (κ1) is 10.4. The smallest absolute Gasteiger partial charge is 0.249 e. The molecule has 0 bridgehead atoms. The van der Waals surface area contributed by atoms with E-state index in [0.717, 1.165) is 0 Å². The summed E-state index contributed by atoms with van der Waals surface area (Å²) in [6, 6.07) is 1.45. The first-order valence-electron chi connectivity index (χ1n) is 5.14. The standard InChI is InChI=1S/C10H9F3N4/c11-8-7-5(4-2-10(12,13)3-4)1-6(14)15-9(7)17-16-8/h1,4H,2-3H2,(H3,14,15,16,17). The van der Waals surface area contributed by atoms with Gasteiger partial charge in [0, 0.05) is 12.8 Å². The molecule has 4 nitrogen and oxygen atoms in total. The monoisotopic (exact) mass is 242 g/mol. The van der Waals surface area contributed by atoms with Gasteiger partial charge in [-0.25, -0.2) is 13.8 Å². The lowest BCUT2D eigenvalue weighted by Gasteiger charge is -2.35. The van der Waals surface area contributed by atoms with Crippen LogP contribution < -0.4 is 5.73 Å². The Bertz CT molecular complexity index is 584. The van der Waals surface area contributed by atoms with Crippen molar-refractivity contribution in [1.29, 1.82) is 0 Å². The number of H-pyrrole nitrogens is 1. The summed E-state index contributed by atoms with van der Waals surface area (Å²) in [4.78, 5) is 3.84. The highest BCUT2D eigenvalue weighted by Gasteiger charge is 2.46. The third-order valence-corrected chi connectivity index (χ3v) is 3.06. The number of aromatic nitrogens is 3. The molecule has 0 aromatic carbocycles. The zero-order valence-electron chi connectivity index (χ0n) is 8.67. The van der Waals surface area contributed by atoms with E-state index in [-0.39, 0.29) is 35.6 Å². The maximum atomic E-state index is 13.5. The first-order valence-corrected chi connectivity index (χ1v) is 5.14. The summed E-state index contributed by atoms with van der Waals surface area (Å²) >= 11 is 0. The van der Waals surface area contributed by atoms with Crippen LogP contribution >= 0.6 is 0 Å². The molecular weight excluding hydrogens is 233 g/mol. The molecule has 0 aliphatic heterocycles. The van der Waals surface area contributed by atoms with Gasteiger partial charge in [-0.05, 0) is 17.5 Å². The van der Waals surface area contributed by atoms with Crippen LogP contribution in [0.5, 0.6) is 0 Å². The topological polar surface area (TPSA) is 67.6 Å². The molecular formula is C10H9F3N4. The lowest BCUT2D eigenvalue weighted by Crippen LogP contribution is -2.33. The lowest BCUT2D eigenvalue weighted by molar-refractivity contribution is -0.0864. The van der Waals surface area contributed by atoms with Gasteiger partial charge in [0.05, 0.1) is 5.39 Å². The van der Waals surface area contributed by atoms with Gasteiger partial charge in [0.25, 0.3) is 0 Å². The average Bonchev–Trinajstić information content (AvgIpc) is 2.55. The minimum Gasteiger partial charge on any atom is -0.384 e. The summed E-state index contributed by atoms with van der Waals surface area (Å²) in [6.45, 7) is 0. The van der Waals surface area contributed by atoms with Gasteiger partial charge >= 0.3 is 0 Å². The van der Waals surface area contributed by atoms with Crippen LogP contribution in [0.2, 0.25) is 0 Å². The number of fused-ring (bicyclic) bond motifs is 1. The molecule has 2 aromatic heterocycles. The molecule has 0 spiro atoms. The van der Waals surface area contributed by atoms with Gasteiger partial charge in [0.1, 0.15) is 5.82 Å². The van der Waals surface area contributed by atoms with Gasteiger partial charge in [-0.15, -0.1) is 0 Å². The third kappa shape index (κ3) is 1.53. The van der Waals surface area contributed by atoms with Crippen molar-refractivity contribution in [3.63, 3.8) is 0 Å². The number of pyridine rings is 1. The van der Waals surface area contributed by atoms with Crippen LogP contribution in [0.3, 0.4) is 0 Å². The second kappa shape index (κ2) is 3.12. The Morgan fingerprint density at radius 1 is 1.41 bits per heavy atom. The number of hydrogen-bond acceptors (Lipinski definition) is 3. The maximum Gasteiger partial charge on any atom is 0.249 e. The highest BCUT2D eigenvalue weighted by molar-refractivity contribution is 5.81. The summed E-state index contributed by atoms with van der Waals surface area (Å²) in [6.07, 6.45) is -0.563. The molecule has 3 rings (SSSR count). The number of alkyl halides is 2. The van der Waals surface area contributed by atoms with Crippen molar-refractivity contribution < 1.29 is 13.2 Å². The number of halogens is 3. The molecule has 7 heteroatoms. The van der Waals surface area contributed by atoms with Crippen molar-refractivity contribution in [1.82, 2.24) is 15.2 Å². The summed E-state index contributed by atoms with van der Waals surface area (Å²) in [5.41, 5.74) is 6.14. The minimum atomic E-state index is -2.66. The number of nitrogen functional groups attached to an aromatic ring is 1. The SMILES string of the molecule is Nc1cc(C2CC(F)(F)C2)c2c(F)[nH]nc2n1. The Kier molecular flexibility index (Phi) is 1.90. The Morgan fingerprint density at radius 2 is 2.12 bits per heavy atom. The van der Waals surface area contributed by atoms with E-state index in [2.05, 4.69) is 15.2 Å². The van der Waals surface area contributed by atoms with Gasteiger partial charge in [-0.3, -0.25) is 5.10 Å². The molecule has 0 unspecified atom stereocenters. The number of nitrogens with zero attached hydrogens (tertiary/aromatic N) is 2. The highest BCUT2D eigenvalue weighted by Crippen LogP contribution is 2.49. The molecule has 0 saturated heterocycles. The quantitative estimate of drug-likeness (QED) is 0.805. The van der Waals surface area contributed by atoms with E-state index in [1.807, 2.05) is 0 Å². The Labute approximate surface area is 94.0 Å². The zero-order valence-corrected chi connectivity index (χ0v) is 8.67. The Morgan fingerprint density at radius 3 is 2.76 bits per heavy atom. The molecule has 1 saturated carbocycles. The number of rotatable bonds is 1. The molecule has 2 aromatic rings.